The number of aliphatic hydroxyl groups is 1. The Balaban J connectivity index is 1.76. The standard InChI is InChI=1S/C17H30N4O3/c1-11(2)14(22)9-10-18-17(23)19-12(3)16-20-15(21-24-16)13-7-5-4-6-8-13/h11-14,22H,4-10H2,1-3H3,(H2,18,19,23). The number of amides is 2. The maximum atomic E-state index is 11.9. The van der Waals surface area contributed by atoms with Crippen molar-refractivity contribution in [1.82, 2.24) is 20.8 Å². The first-order valence-corrected chi connectivity index (χ1v) is 9.03. The number of carbonyl (C=O) groups is 1. The Kier molecular flexibility index (Phi) is 7.02. The SMILES string of the molecule is CC(NC(=O)NCCC(O)C(C)C)c1nc(C2CCCCC2)no1. The van der Waals surface area contributed by atoms with Gasteiger partial charge < -0.3 is 20.3 Å². The zero-order chi connectivity index (χ0) is 17.5. The molecule has 2 unspecified atom stereocenters. The third-order valence-electron chi connectivity index (χ3n) is 4.64. The fourth-order valence-corrected chi connectivity index (χ4v) is 2.93. The third kappa shape index (κ3) is 5.47. The molecule has 0 aromatic carbocycles. The zero-order valence-corrected chi connectivity index (χ0v) is 14.9. The Morgan fingerprint density at radius 1 is 1.29 bits per heavy atom. The van der Waals surface area contributed by atoms with E-state index in [1.54, 1.807) is 0 Å². The van der Waals surface area contributed by atoms with E-state index in [-0.39, 0.29) is 18.0 Å². The Labute approximate surface area is 143 Å². The lowest BCUT2D eigenvalue weighted by Crippen LogP contribution is -2.38. The van der Waals surface area contributed by atoms with Crippen molar-refractivity contribution in [2.45, 2.75) is 77.4 Å². The highest BCUT2D eigenvalue weighted by Crippen LogP contribution is 2.31. The predicted molar refractivity (Wildman–Crippen MR) is 90.5 cm³/mol. The average Bonchev–Trinajstić information content (AvgIpc) is 3.05. The first-order valence-electron chi connectivity index (χ1n) is 9.03. The molecule has 136 valence electrons. The van der Waals surface area contributed by atoms with Gasteiger partial charge in [-0.25, -0.2) is 4.79 Å². The molecule has 2 amide bonds. The van der Waals surface area contributed by atoms with Gasteiger partial charge in [-0.05, 0) is 32.1 Å². The summed E-state index contributed by atoms with van der Waals surface area (Å²) in [5.41, 5.74) is 0. The van der Waals surface area contributed by atoms with Crippen LogP contribution < -0.4 is 10.6 Å². The molecule has 0 aliphatic heterocycles. The number of nitrogens with zero attached hydrogens (tertiary/aromatic N) is 2. The Morgan fingerprint density at radius 3 is 2.67 bits per heavy atom. The second-order valence-electron chi connectivity index (χ2n) is 7.05. The summed E-state index contributed by atoms with van der Waals surface area (Å²) in [6.07, 6.45) is 6.06. The van der Waals surface area contributed by atoms with E-state index in [1.807, 2.05) is 20.8 Å². The van der Waals surface area contributed by atoms with E-state index in [2.05, 4.69) is 20.8 Å². The molecule has 1 fully saturated rings. The summed E-state index contributed by atoms with van der Waals surface area (Å²) in [7, 11) is 0. The first-order chi connectivity index (χ1) is 11.5. The molecule has 1 aliphatic carbocycles. The molecule has 1 heterocycles. The second kappa shape index (κ2) is 9.01. The summed E-state index contributed by atoms with van der Waals surface area (Å²) >= 11 is 0. The second-order valence-corrected chi connectivity index (χ2v) is 7.05. The largest absolute Gasteiger partial charge is 0.393 e. The minimum atomic E-state index is -0.406. The third-order valence-corrected chi connectivity index (χ3v) is 4.64. The maximum Gasteiger partial charge on any atom is 0.315 e. The van der Waals surface area contributed by atoms with Crippen molar-refractivity contribution in [3.8, 4) is 0 Å². The molecule has 7 heteroatoms. The van der Waals surface area contributed by atoms with Crippen LogP contribution in [-0.4, -0.2) is 33.9 Å². The van der Waals surface area contributed by atoms with E-state index in [1.165, 1.54) is 19.3 Å². The summed E-state index contributed by atoms with van der Waals surface area (Å²) in [6.45, 7) is 6.15. The number of hydrogen-bond donors (Lipinski definition) is 3. The molecule has 0 saturated heterocycles. The van der Waals surface area contributed by atoms with E-state index >= 15 is 0 Å². The van der Waals surface area contributed by atoms with Gasteiger partial charge >= 0.3 is 6.03 Å². The van der Waals surface area contributed by atoms with Crippen LogP contribution in [0.15, 0.2) is 4.52 Å². The normalized spacial score (nSPS) is 18.4. The van der Waals surface area contributed by atoms with Crippen molar-refractivity contribution in [3.05, 3.63) is 11.7 Å². The van der Waals surface area contributed by atoms with Crippen LogP contribution >= 0.6 is 0 Å². The molecule has 0 spiro atoms. The highest BCUT2D eigenvalue weighted by atomic mass is 16.5. The van der Waals surface area contributed by atoms with Crippen LogP contribution in [0.2, 0.25) is 0 Å². The summed E-state index contributed by atoms with van der Waals surface area (Å²) in [5, 5.41) is 19.3. The molecule has 0 bridgehead atoms. The van der Waals surface area contributed by atoms with Crippen LogP contribution in [0.1, 0.15) is 83.0 Å². The molecule has 0 radical (unpaired) electrons. The summed E-state index contributed by atoms with van der Waals surface area (Å²) < 4.78 is 5.31. The molecule has 2 atom stereocenters. The van der Waals surface area contributed by atoms with E-state index < -0.39 is 6.10 Å². The van der Waals surface area contributed by atoms with Crippen molar-refractivity contribution in [2.24, 2.45) is 5.92 Å². The number of urea groups is 1. The molecular formula is C17H30N4O3. The highest BCUT2D eigenvalue weighted by Gasteiger charge is 2.23. The molecule has 1 aromatic heterocycles. The monoisotopic (exact) mass is 338 g/mol. The lowest BCUT2D eigenvalue weighted by Gasteiger charge is -2.17. The van der Waals surface area contributed by atoms with Crippen LogP contribution in [0.25, 0.3) is 0 Å². The smallest absolute Gasteiger partial charge is 0.315 e. The summed E-state index contributed by atoms with van der Waals surface area (Å²) in [6, 6.07) is -0.638. The lowest BCUT2D eigenvalue weighted by molar-refractivity contribution is 0.116. The topological polar surface area (TPSA) is 100 Å². The van der Waals surface area contributed by atoms with E-state index in [0.29, 0.717) is 24.8 Å². The van der Waals surface area contributed by atoms with Gasteiger partial charge in [-0.3, -0.25) is 0 Å². The van der Waals surface area contributed by atoms with E-state index in [9.17, 15) is 9.90 Å². The van der Waals surface area contributed by atoms with E-state index in [4.69, 9.17) is 4.52 Å². The average molecular weight is 338 g/mol. The number of carbonyl (C=O) groups excluding carboxylic acids is 1. The molecule has 1 aliphatic rings. The lowest BCUT2D eigenvalue weighted by atomic mass is 9.89. The van der Waals surface area contributed by atoms with Crippen molar-refractivity contribution in [2.75, 3.05) is 6.54 Å². The molecule has 7 nitrogen and oxygen atoms in total. The Bertz CT molecular complexity index is 512. The van der Waals surface area contributed by atoms with Gasteiger partial charge in [0.1, 0.15) is 6.04 Å². The molecule has 24 heavy (non-hydrogen) atoms. The van der Waals surface area contributed by atoms with E-state index in [0.717, 1.165) is 18.7 Å². The maximum absolute atomic E-state index is 11.9. The fraction of sp³-hybridized carbons (Fsp3) is 0.824. The molecule has 1 aromatic rings. The Morgan fingerprint density at radius 2 is 2.00 bits per heavy atom. The predicted octanol–water partition coefficient (Wildman–Crippen LogP) is 2.88. The minimum absolute atomic E-state index is 0.186. The fourth-order valence-electron chi connectivity index (χ4n) is 2.93. The first kappa shape index (κ1) is 18.7. The molecular weight excluding hydrogens is 308 g/mol. The zero-order valence-electron chi connectivity index (χ0n) is 14.9. The van der Waals surface area contributed by atoms with Crippen molar-refractivity contribution in [3.63, 3.8) is 0 Å². The number of aliphatic hydroxyl groups excluding tert-OH is 1. The van der Waals surface area contributed by atoms with Crippen LogP contribution in [0.3, 0.4) is 0 Å². The van der Waals surface area contributed by atoms with Gasteiger partial charge in [0.05, 0.1) is 6.10 Å². The van der Waals surface area contributed by atoms with Gasteiger partial charge in [-0.1, -0.05) is 38.3 Å². The number of aromatic nitrogens is 2. The molecule has 3 N–H and O–H groups in total. The van der Waals surface area contributed by atoms with Crippen LogP contribution in [0.5, 0.6) is 0 Å². The van der Waals surface area contributed by atoms with Crippen LogP contribution in [-0.2, 0) is 0 Å². The van der Waals surface area contributed by atoms with Crippen molar-refractivity contribution < 1.29 is 14.4 Å². The van der Waals surface area contributed by atoms with Gasteiger partial charge in [0.15, 0.2) is 5.82 Å². The molecule has 1 saturated carbocycles. The van der Waals surface area contributed by atoms with Gasteiger partial charge in [0, 0.05) is 12.5 Å². The number of rotatable bonds is 7. The molecule has 2 rings (SSSR count). The quantitative estimate of drug-likeness (QED) is 0.710. The summed E-state index contributed by atoms with van der Waals surface area (Å²) in [4.78, 5) is 16.4. The van der Waals surface area contributed by atoms with Gasteiger partial charge in [0.2, 0.25) is 5.89 Å². The summed E-state index contributed by atoms with van der Waals surface area (Å²) in [5.74, 6) is 1.77. The van der Waals surface area contributed by atoms with Crippen LogP contribution in [0.4, 0.5) is 4.79 Å². The van der Waals surface area contributed by atoms with Crippen molar-refractivity contribution >= 4 is 6.03 Å². The van der Waals surface area contributed by atoms with Gasteiger partial charge in [-0.15, -0.1) is 0 Å². The number of nitrogens with one attached hydrogen (secondary N) is 2. The highest BCUT2D eigenvalue weighted by molar-refractivity contribution is 5.74. The van der Waals surface area contributed by atoms with Gasteiger partial charge in [-0.2, -0.15) is 4.98 Å². The Hall–Kier alpha value is -1.63. The van der Waals surface area contributed by atoms with Crippen molar-refractivity contribution in [1.29, 1.82) is 0 Å². The van der Waals surface area contributed by atoms with Gasteiger partial charge in [0.25, 0.3) is 0 Å². The number of hydrogen-bond acceptors (Lipinski definition) is 5. The van der Waals surface area contributed by atoms with Crippen LogP contribution in [0, 0.1) is 5.92 Å². The minimum Gasteiger partial charge on any atom is -0.393 e.